The number of rotatable bonds is 10. The van der Waals surface area contributed by atoms with Crippen molar-refractivity contribution in [2.24, 2.45) is 0 Å². The van der Waals surface area contributed by atoms with Crippen LogP contribution in [0, 0.1) is 6.92 Å². The molecule has 0 radical (unpaired) electrons. The Morgan fingerprint density at radius 2 is 1.90 bits per heavy atom. The third-order valence-electron chi connectivity index (χ3n) is 5.00. The lowest BCUT2D eigenvalue weighted by Gasteiger charge is -2.14. The minimum Gasteiger partial charge on any atom is -0.508 e. The highest BCUT2D eigenvalue weighted by atomic mass is 16.5. The molecule has 5 nitrogen and oxygen atoms in total. The van der Waals surface area contributed by atoms with E-state index in [2.05, 4.69) is 50.0 Å². The second-order valence-corrected chi connectivity index (χ2v) is 7.94. The van der Waals surface area contributed by atoms with Crippen molar-refractivity contribution in [3.05, 3.63) is 46.3 Å². The molecule has 0 spiro atoms. The van der Waals surface area contributed by atoms with Gasteiger partial charge in [0.1, 0.15) is 11.5 Å². The fraction of sp³-hybridized carbons (Fsp3) is 0.500. The number of phenolic OH excluding ortho intramolecular Hbond substituents is 2. The molecule has 0 amide bonds. The van der Waals surface area contributed by atoms with E-state index in [9.17, 15) is 10.2 Å². The summed E-state index contributed by atoms with van der Waals surface area (Å²) in [5, 5.41) is 25.5. The zero-order valence-electron chi connectivity index (χ0n) is 18.4. The molecule has 5 heteroatoms. The third kappa shape index (κ3) is 6.48. The number of aromatic hydroxyl groups is 2. The molecule has 158 valence electrons. The Morgan fingerprint density at radius 1 is 1.14 bits per heavy atom. The number of hydrogen-bond donors (Lipinski definition) is 2. The van der Waals surface area contributed by atoms with Gasteiger partial charge in [-0.3, -0.25) is 0 Å². The molecule has 0 aliphatic heterocycles. The maximum atomic E-state index is 11.0. The van der Waals surface area contributed by atoms with Crippen LogP contribution in [-0.4, -0.2) is 20.4 Å². The van der Waals surface area contributed by atoms with E-state index in [0.29, 0.717) is 29.3 Å². The van der Waals surface area contributed by atoms with Gasteiger partial charge in [-0.25, -0.2) is 0 Å². The molecule has 0 unspecified atom stereocenters. The van der Waals surface area contributed by atoms with E-state index >= 15 is 0 Å². The summed E-state index contributed by atoms with van der Waals surface area (Å²) in [6.45, 7) is 10.2. The molecule has 0 fully saturated rings. The summed E-state index contributed by atoms with van der Waals surface area (Å²) in [5.41, 5.74) is 4.42. The first-order valence-corrected chi connectivity index (χ1v) is 10.5. The van der Waals surface area contributed by atoms with Crippen molar-refractivity contribution < 1.29 is 14.7 Å². The summed E-state index contributed by atoms with van der Waals surface area (Å²) in [4.78, 5) is 4.31. The molecule has 29 heavy (non-hydrogen) atoms. The monoisotopic (exact) mass is 398 g/mol. The summed E-state index contributed by atoms with van der Waals surface area (Å²) in [6, 6.07) is 1.74. The van der Waals surface area contributed by atoms with Crippen molar-refractivity contribution in [1.29, 1.82) is 0 Å². The Kier molecular flexibility index (Phi) is 8.50. The van der Waals surface area contributed by atoms with Crippen LogP contribution in [0.25, 0.3) is 11.5 Å². The van der Waals surface area contributed by atoms with E-state index in [1.54, 1.807) is 13.0 Å². The predicted molar refractivity (Wildman–Crippen MR) is 117 cm³/mol. The van der Waals surface area contributed by atoms with Crippen LogP contribution < -0.4 is 0 Å². The first-order valence-electron chi connectivity index (χ1n) is 10.5. The highest BCUT2D eigenvalue weighted by molar-refractivity contribution is 5.72. The van der Waals surface area contributed by atoms with Gasteiger partial charge >= 0.3 is 0 Å². The summed E-state index contributed by atoms with van der Waals surface area (Å²) in [5.74, 6) is 0.969. The second kappa shape index (κ2) is 10.8. The maximum absolute atomic E-state index is 11.0. The molecule has 1 aromatic carbocycles. The number of aryl methyl sites for hydroxylation is 2. The Bertz CT molecular complexity index is 874. The van der Waals surface area contributed by atoms with Gasteiger partial charge in [-0.1, -0.05) is 48.2 Å². The molecule has 2 N–H and O–H groups in total. The van der Waals surface area contributed by atoms with Crippen molar-refractivity contribution in [2.75, 3.05) is 0 Å². The largest absolute Gasteiger partial charge is 0.508 e. The van der Waals surface area contributed by atoms with Crippen molar-refractivity contribution in [3.8, 4) is 23.0 Å². The Labute approximate surface area is 174 Å². The highest BCUT2D eigenvalue weighted by Gasteiger charge is 2.22. The van der Waals surface area contributed by atoms with Gasteiger partial charge in [-0.15, -0.1) is 0 Å². The van der Waals surface area contributed by atoms with Crippen molar-refractivity contribution in [3.63, 3.8) is 0 Å². The highest BCUT2D eigenvalue weighted by Crippen LogP contribution is 2.41. The molecular weight excluding hydrogens is 364 g/mol. The van der Waals surface area contributed by atoms with Gasteiger partial charge in [0.15, 0.2) is 5.82 Å². The van der Waals surface area contributed by atoms with E-state index < -0.39 is 0 Å². The number of phenols is 2. The van der Waals surface area contributed by atoms with Crippen LogP contribution in [0.15, 0.2) is 33.9 Å². The van der Waals surface area contributed by atoms with Gasteiger partial charge in [0.05, 0.1) is 5.56 Å². The number of hydrogen-bond acceptors (Lipinski definition) is 5. The molecule has 0 atom stereocenters. The molecular formula is C24H34N2O3. The molecule has 2 rings (SSSR count). The average molecular weight is 399 g/mol. The molecule has 1 aromatic heterocycles. The first-order chi connectivity index (χ1) is 13.8. The summed E-state index contributed by atoms with van der Waals surface area (Å²) < 4.78 is 5.35. The SMILES string of the molecule is CCCCCc1cc(O)c(C/C=C(\C)CCC=C(C)C)c(O)c1-c1nc(C)no1. The van der Waals surface area contributed by atoms with Crippen molar-refractivity contribution in [1.82, 2.24) is 10.1 Å². The van der Waals surface area contributed by atoms with E-state index in [0.717, 1.165) is 44.1 Å². The quantitative estimate of drug-likeness (QED) is 0.356. The molecule has 1 heterocycles. The summed E-state index contributed by atoms with van der Waals surface area (Å²) in [6.07, 6.45) is 10.6. The Hall–Kier alpha value is -2.56. The van der Waals surface area contributed by atoms with Crippen LogP contribution in [0.2, 0.25) is 0 Å². The normalized spacial score (nSPS) is 11.7. The lowest BCUT2D eigenvalue weighted by Crippen LogP contribution is -1.97. The van der Waals surface area contributed by atoms with Gasteiger partial charge < -0.3 is 14.7 Å². The Morgan fingerprint density at radius 3 is 2.52 bits per heavy atom. The Balaban J connectivity index is 2.34. The molecule has 0 aliphatic rings. The first kappa shape index (κ1) is 22.7. The van der Waals surface area contributed by atoms with E-state index in [1.807, 2.05) is 0 Å². The molecule has 2 aromatic rings. The number of aromatic nitrogens is 2. The van der Waals surface area contributed by atoms with Crippen LogP contribution in [0.3, 0.4) is 0 Å². The molecule has 0 saturated heterocycles. The van der Waals surface area contributed by atoms with Gasteiger partial charge in [0, 0.05) is 5.56 Å². The van der Waals surface area contributed by atoms with Gasteiger partial charge in [0.2, 0.25) is 0 Å². The van der Waals surface area contributed by atoms with Crippen LogP contribution in [0.4, 0.5) is 0 Å². The number of unbranched alkanes of at least 4 members (excludes halogenated alkanes) is 2. The third-order valence-corrected chi connectivity index (χ3v) is 5.00. The predicted octanol–water partition coefficient (Wildman–Crippen LogP) is 6.42. The standard InChI is InChI=1S/C24H34N2O3/c1-6-7-8-12-19-15-21(27)20(14-13-17(4)11-9-10-16(2)3)23(28)22(19)24-25-18(5)26-29-24/h10,13,15,27-28H,6-9,11-12,14H2,1-5H3/b17-13+. The van der Waals surface area contributed by atoms with Crippen LogP contribution in [0.5, 0.6) is 11.5 Å². The smallest absolute Gasteiger partial charge is 0.261 e. The zero-order chi connectivity index (χ0) is 21.4. The zero-order valence-corrected chi connectivity index (χ0v) is 18.4. The maximum Gasteiger partial charge on any atom is 0.261 e. The minimum absolute atomic E-state index is 0.0356. The van der Waals surface area contributed by atoms with Crippen molar-refractivity contribution >= 4 is 0 Å². The van der Waals surface area contributed by atoms with E-state index in [-0.39, 0.29) is 11.5 Å². The topological polar surface area (TPSA) is 79.4 Å². The fourth-order valence-electron chi connectivity index (χ4n) is 3.32. The summed E-state index contributed by atoms with van der Waals surface area (Å²) in [7, 11) is 0. The lowest BCUT2D eigenvalue weighted by molar-refractivity contribution is 0.415. The van der Waals surface area contributed by atoms with Crippen LogP contribution in [-0.2, 0) is 12.8 Å². The lowest BCUT2D eigenvalue weighted by atomic mass is 9.94. The minimum atomic E-state index is 0.0356. The van der Waals surface area contributed by atoms with Crippen LogP contribution >= 0.6 is 0 Å². The fourth-order valence-corrected chi connectivity index (χ4v) is 3.32. The van der Waals surface area contributed by atoms with Crippen molar-refractivity contribution in [2.45, 2.75) is 79.6 Å². The number of benzene rings is 1. The molecule has 0 aliphatic carbocycles. The average Bonchev–Trinajstić information content (AvgIpc) is 3.07. The summed E-state index contributed by atoms with van der Waals surface area (Å²) >= 11 is 0. The number of nitrogens with zero attached hydrogens (tertiary/aromatic N) is 2. The molecule has 0 saturated carbocycles. The van der Waals surface area contributed by atoms with Gasteiger partial charge in [0.25, 0.3) is 5.89 Å². The van der Waals surface area contributed by atoms with Gasteiger partial charge in [-0.05, 0) is 71.4 Å². The molecule has 0 bridgehead atoms. The van der Waals surface area contributed by atoms with Gasteiger partial charge in [-0.2, -0.15) is 4.98 Å². The second-order valence-electron chi connectivity index (χ2n) is 7.94. The van der Waals surface area contributed by atoms with Crippen LogP contribution in [0.1, 0.15) is 76.8 Å². The van der Waals surface area contributed by atoms with E-state index in [1.165, 1.54) is 11.1 Å². The van der Waals surface area contributed by atoms with E-state index in [4.69, 9.17) is 4.52 Å². The number of allylic oxidation sites excluding steroid dienone is 4.